The molecule has 0 radical (unpaired) electrons. The Bertz CT molecular complexity index is 541. The summed E-state index contributed by atoms with van der Waals surface area (Å²) in [7, 11) is 0. The van der Waals surface area contributed by atoms with Gasteiger partial charge in [0.2, 0.25) is 0 Å². The van der Waals surface area contributed by atoms with Gasteiger partial charge in [0.05, 0.1) is 27.7 Å². The Morgan fingerprint density at radius 2 is 2.00 bits per heavy atom. The largest absolute Gasteiger partial charge is 0.387 e. The van der Waals surface area contributed by atoms with Crippen molar-refractivity contribution in [3.05, 3.63) is 38.4 Å². The maximum Gasteiger partial charge on any atom is 0.301 e. The third-order valence-electron chi connectivity index (χ3n) is 2.35. The molecule has 0 aliphatic carbocycles. The number of nitro groups is 2. The Balaban J connectivity index is 3.11. The number of hydrazone groups is 1. The quantitative estimate of drug-likeness (QED) is 0.474. The zero-order valence-electron chi connectivity index (χ0n) is 10.2. The fraction of sp³-hybridized carbons (Fsp3) is 0.300. The highest BCUT2D eigenvalue weighted by atomic mass is 16.6. The van der Waals surface area contributed by atoms with E-state index in [9.17, 15) is 25.3 Å². The van der Waals surface area contributed by atoms with Crippen LogP contribution >= 0.6 is 0 Å². The topological polar surface area (TPSA) is 131 Å². The lowest BCUT2D eigenvalue weighted by Crippen LogP contribution is -2.14. The lowest BCUT2D eigenvalue weighted by molar-refractivity contribution is -0.393. The Morgan fingerprint density at radius 3 is 2.47 bits per heavy atom. The summed E-state index contributed by atoms with van der Waals surface area (Å²) in [6.07, 6.45) is -0.801. The van der Waals surface area contributed by atoms with Crippen molar-refractivity contribution in [1.82, 2.24) is 0 Å². The Hall–Kier alpha value is -2.55. The van der Waals surface area contributed by atoms with E-state index in [-0.39, 0.29) is 11.4 Å². The number of nitrogens with zero attached hydrogens (tertiary/aromatic N) is 3. The van der Waals surface area contributed by atoms with Crippen molar-refractivity contribution in [2.75, 3.05) is 5.43 Å². The van der Waals surface area contributed by atoms with Gasteiger partial charge >= 0.3 is 5.69 Å². The van der Waals surface area contributed by atoms with Gasteiger partial charge in [-0.25, -0.2) is 0 Å². The average Bonchev–Trinajstić information content (AvgIpc) is 2.35. The van der Waals surface area contributed by atoms with Crippen molar-refractivity contribution in [2.24, 2.45) is 5.10 Å². The molecule has 0 heterocycles. The van der Waals surface area contributed by atoms with Gasteiger partial charge in [0.1, 0.15) is 5.69 Å². The van der Waals surface area contributed by atoms with Gasteiger partial charge in [0.15, 0.2) is 0 Å². The highest BCUT2D eigenvalue weighted by Crippen LogP contribution is 2.28. The highest BCUT2D eigenvalue weighted by Gasteiger charge is 2.19. The van der Waals surface area contributed by atoms with Crippen molar-refractivity contribution in [2.45, 2.75) is 20.0 Å². The third-order valence-corrected chi connectivity index (χ3v) is 2.35. The molecule has 1 aromatic carbocycles. The van der Waals surface area contributed by atoms with Gasteiger partial charge < -0.3 is 5.11 Å². The molecule has 1 rings (SSSR count). The molecule has 1 atom stereocenters. The molecule has 0 aromatic heterocycles. The van der Waals surface area contributed by atoms with Gasteiger partial charge in [-0.15, -0.1) is 0 Å². The Kier molecular flexibility index (Phi) is 4.48. The minimum atomic E-state index is -0.801. The number of hydrogen-bond acceptors (Lipinski definition) is 7. The smallest absolute Gasteiger partial charge is 0.301 e. The van der Waals surface area contributed by atoms with Crippen LogP contribution in [-0.4, -0.2) is 26.8 Å². The van der Waals surface area contributed by atoms with E-state index in [1.165, 1.54) is 19.9 Å². The van der Waals surface area contributed by atoms with Crippen molar-refractivity contribution in [3.8, 4) is 0 Å². The minimum absolute atomic E-state index is 0.00981. The maximum atomic E-state index is 10.8. The zero-order chi connectivity index (χ0) is 14.6. The number of nitro benzene ring substituents is 2. The van der Waals surface area contributed by atoms with Gasteiger partial charge in [-0.1, -0.05) is 0 Å². The molecule has 102 valence electrons. The van der Waals surface area contributed by atoms with Crippen LogP contribution < -0.4 is 5.43 Å². The second-order valence-electron chi connectivity index (χ2n) is 3.76. The number of rotatable bonds is 5. The van der Waals surface area contributed by atoms with Crippen LogP contribution in [0.5, 0.6) is 0 Å². The van der Waals surface area contributed by atoms with Crippen LogP contribution in [0.3, 0.4) is 0 Å². The molecule has 19 heavy (non-hydrogen) atoms. The van der Waals surface area contributed by atoms with Crippen LogP contribution in [0.4, 0.5) is 17.1 Å². The highest BCUT2D eigenvalue weighted by molar-refractivity contribution is 5.86. The van der Waals surface area contributed by atoms with E-state index in [1.54, 1.807) is 0 Å². The van der Waals surface area contributed by atoms with Gasteiger partial charge in [-0.3, -0.25) is 25.7 Å². The summed E-state index contributed by atoms with van der Waals surface area (Å²) in [6, 6.07) is 3.16. The van der Waals surface area contributed by atoms with Crippen LogP contribution in [0.15, 0.2) is 23.3 Å². The number of aliphatic hydroxyl groups excluding tert-OH is 1. The molecule has 0 saturated carbocycles. The number of anilines is 1. The fourth-order valence-corrected chi connectivity index (χ4v) is 1.12. The SMILES string of the molecule is CC(=NNc1ccc([N+](=O)[O-])cc1[N+](=O)[O-])C(C)O. The first kappa shape index (κ1) is 14.5. The van der Waals surface area contributed by atoms with Crippen LogP contribution in [0.1, 0.15) is 13.8 Å². The summed E-state index contributed by atoms with van der Waals surface area (Å²) in [6.45, 7) is 3.03. The van der Waals surface area contributed by atoms with Crippen LogP contribution in [0.2, 0.25) is 0 Å². The summed E-state index contributed by atoms with van der Waals surface area (Å²) in [5, 5.41) is 34.3. The Morgan fingerprint density at radius 1 is 1.37 bits per heavy atom. The number of nitrogens with one attached hydrogen (secondary N) is 1. The first-order valence-corrected chi connectivity index (χ1v) is 5.24. The van der Waals surface area contributed by atoms with E-state index in [2.05, 4.69) is 10.5 Å². The molecular formula is C10H12N4O5. The van der Waals surface area contributed by atoms with Crippen molar-refractivity contribution >= 4 is 22.8 Å². The lowest BCUT2D eigenvalue weighted by Gasteiger charge is -2.05. The standard InChI is InChI=1S/C10H12N4O5/c1-6(7(2)15)11-12-9-4-3-8(13(16)17)5-10(9)14(18)19/h3-5,7,12,15H,1-2H3. The maximum absolute atomic E-state index is 10.8. The number of non-ortho nitro benzene ring substituents is 1. The zero-order valence-corrected chi connectivity index (χ0v) is 10.2. The van der Waals surface area contributed by atoms with Gasteiger partial charge in [-0.05, 0) is 19.9 Å². The molecule has 0 saturated heterocycles. The summed E-state index contributed by atoms with van der Waals surface area (Å²) < 4.78 is 0. The normalized spacial score (nSPS) is 12.9. The molecule has 0 aliphatic heterocycles. The molecule has 1 aromatic rings. The van der Waals surface area contributed by atoms with Crippen LogP contribution in [0, 0.1) is 20.2 Å². The van der Waals surface area contributed by atoms with E-state index in [0.29, 0.717) is 5.71 Å². The molecule has 2 N–H and O–H groups in total. The second kappa shape index (κ2) is 5.87. The van der Waals surface area contributed by atoms with Gasteiger partial charge in [0, 0.05) is 6.07 Å². The molecule has 0 bridgehead atoms. The summed E-state index contributed by atoms with van der Waals surface area (Å²) >= 11 is 0. The second-order valence-corrected chi connectivity index (χ2v) is 3.76. The monoisotopic (exact) mass is 268 g/mol. The van der Waals surface area contributed by atoms with Crippen LogP contribution in [0.25, 0.3) is 0 Å². The number of aliphatic hydroxyl groups is 1. The van der Waals surface area contributed by atoms with Gasteiger partial charge in [-0.2, -0.15) is 5.10 Å². The molecule has 1 unspecified atom stereocenters. The molecule has 0 fully saturated rings. The van der Waals surface area contributed by atoms with Crippen molar-refractivity contribution in [3.63, 3.8) is 0 Å². The molecule has 0 spiro atoms. The summed E-state index contributed by atoms with van der Waals surface area (Å²) in [5.41, 5.74) is 1.90. The molecular weight excluding hydrogens is 256 g/mol. The lowest BCUT2D eigenvalue weighted by atomic mass is 10.2. The van der Waals surface area contributed by atoms with E-state index in [0.717, 1.165) is 12.1 Å². The fourth-order valence-electron chi connectivity index (χ4n) is 1.12. The van der Waals surface area contributed by atoms with E-state index >= 15 is 0 Å². The minimum Gasteiger partial charge on any atom is -0.387 e. The third kappa shape index (κ3) is 3.71. The molecule has 9 nitrogen and oxygen atoms in total. The number of benzene rings is 1. The molecule has 9 heteroatoms. The van der Waals surface area contributed by atoms with Gasteiger partial charge in [0.25, 0.3) is 5.69 Å². The predicted octanol–water partition coefficient (Wildman–Crippen LogP) is 1.67. The van der Waals surface area contributed by atoms with Crippen LogP contribution in [-0.2, 0) is 0 Å². The summed E-state index contributed by atoms with van der Waals surface area (Å²) in [4.78, 5) is 19.9. The van der Waals surface area contributed by atoms with E-state index in [4.69, 9.17) is 0 Å². The first-order valence-electron chi connectivity index (χ1n) is 5.24. The molecule has 0 amide bonds. The summed E-state index contributed by atoms with van der Waals surface area (Å²) in [5.74, 6) is 0. The van der Waals surface area contributed by atoms with Crippen molar-refractivity contribution in [1.29, 1.82) is 0 Å². The van der Waals surface area contributed by atoms with E-state index in [1.807, 2.05) is 0 Å². The Labute approximate surface area is 107 Å². The molecule has 0 aliphatic rings. The van der Waals surface area contributed by atoms with Crippen molar-refractivity contribution < 1.29 is 15.0 Å². The first-order chi connectivity index (χ1) is 8.82. The average molecular weight is 268 g/mol. The van der Waals surface area contributed by atoms with E-state index < -0.39 is 21.6 Å². The number of hydrogen-bond donors (Lipinski definition) is 2. The predicted molar refractivity (Wildman–Crippen MR) is 68.2 cm³/mol.